The molecule has 1 atom stereocenters. The van der Waals surface area contributed by atoms with Crippen LogP contribution in [0.25, 0.3) is 0 Å². The molecule has 0 radical (unpaired) electrons. The van der Waals surface area contributed by atoms with Crippen LogP contribution in [0, 0.1) is 0 Å². The third-order valence-electron chi connectivity index (χ3n) is 8.10. The summed E-state index contributed by atoms with van der Waals surface area (Å²) in [5.41, 5.74) is 0. The number of ether oxygens (including phenoxy) is 1. The molecule has 40 heavy (non-hydrogen) atoms. The van der Waals surface area contributed by atoms with E-state index in [0.717, 1.165) is 25.7 Å². The van der Waals surface area contributed by atoms with Gasteiger partial charge in [0, 0.05) is 0 Å². The SMILES string of the molecule is CCCCCCCCCCCCCCCCCCNC(CC(=O)OCCCCCCCCCCCCC)C(=O)O. The summed E-state index contributed by atoms with van der Waals surface area (Å²) in [5.74, 6) is -1.37. The van der Waals surface area contributed by atoms with Crippen molar-refractivity contribution >= 4 is 11.9 Å². The number of esters is 1. The van der Waals surface area contributed by atoms with Gasteiger partial charge in [-0.2, -0.15) is 0 Å². The van der Waals surface area contributed by atoms with Crippen LogP contribution in [-0.2, 0) is 14.3 Å². The number of nitrogens with one attached hydrogen (secondary N) is 1. The predicted octanol–water partition coefficient (Wildman–Crippen LogP) is 10.5. The number of rotatable bonds is 33. The van der Waals surface area contributed by atoms with Crippen LogP contribution in [0.5, 0.6) is 0 Å². The molecule has 0 rings (SSSR count). The van der Waals surface area contributed by atoms with Crippen molar-refractivity contribution in [3.05, 3.63) is 0 Å². The lowest BCUT2D eigenvalue weighted by Crippen LogP contribution is -2.39. The summed E-state index contributed by atoms with van der Waals surface area (Å²) >= 11 is 0. The highest BCUT2D eigenvalue weighted by Crippen LogP contribution is 2.14. The van der Waals surface area contributed by atoms with Crippen LogP contribution < -0.4 is 5.32 Å². The summed E-state index contributed by atoms with van der Waals surface area (Å²) in [6.45, 7) is 5.57. The average Bonchev–Trinajstić information content (AvgIpc) is 2.94. The highest BCUT2D eigenvalue weighted by Gasteiger charge is 2.21. The highest BCUT2D eigenvalue weighted by atomic mass is 16.5. The van der Waals surface area contributed by atoms with Crippen LogP contribution in [0.1, 0.15) is 194 Å². The molecule has 0 aliphatic carbocycles. The molecule has 0 heterocycles. The molecule has 0 fully saturated rings. The quantitative estimate of drug-likeness (QED) is 0.0609. The number of aliphatic carboxylic acids is 1. The van der Waals surface area contributed by atoms with Crippen molar-refractivity contribution in [2.45, 2.75) is 200 Å². The van der Waals surface area contributed by atoms with E-state index < -0.39 is 18.0 Å². The summed E-state index contributed by atoms with van der Waals surface area (Å²) in [7, 11) is 0. The molecule has 5 nitrogen and oxygen atoms in total. The summed E-state index contributed by atoms with van der Waals surface area (Å²) in [6.07, 6.45) is 34.9. The Morgan fingerprint density at radius 3 is 1.20 bits per heavy atom. The Hall–Kier alpha value is -1.10. The molecular formula is C35H69NO4. The zero-order valence-corrected chi connectivity index (χ0v) is 27.0. The van der Waals surface area contributed by atoms with Gasteiger partial charge in [-0.1, -0.05) is 174 Å². The van der Waals surface area contributed by atoms with Crippen molar-refractivity contribution in [3.8, 4) is 0 Å². The largest absolute Gasteiger partial charge is 0.480 e. The fourth-order valence-electron chi connectivity index (χ4n) is 5.37. The van der Waals surface area contributed by atoms with Crippen molar-refractivity contribution in [3.63, 3.8) is 0 Å². The van der Waals surface area contributed by atoms with E-state index >= 15 is 0 Å². The van der Waals surface area contributed by atoms with Gasteiger partial charge < -0.3 is 15.2 Å². The molecule has 0 saturated heterocycles. The molecule has 0 aliphatic heterocycles. The maximum Gasteiger partial charge on any atom is 0.321 e. The first-order chi connectivity index (χ1) is 19.6. The van der Waals surface area contributed by atoms with Crippen molar-refractivity contribution in [1.29, 1.82) is 0 Å². The second-order valence-electron chi connectivity index (χ2n) is 12.1. The van der Waals surface area contributed by atoms with Gasteiger partial charge in [0.15, 0.2) is 0 Å². The average molecular weight is 568 g/mol. The van der Waals surface area contributed by atoms with E-state index in [-0.39, 0.29) is 6.42 Å². The molecular weight excluding hydrogens is 498 g/mol. The molecule has 0 aromatic heterocycles. The molecule has 0 amide bonds. The minimum absolute atomic E-state index is 0.0910. The van der Waals surface area contributed by atoms with E-state index in [0.29, 0.717) is 13.2 Å². The number of unbranched alkanes of at least 4 members (excludes halogenated alkanes) is 25. The number of carbonyl (C=O) groups is 2. The topological polar surface area (TPSA) is 75.6 Å². The molecule has 2 N–H and O–H groups in total. The summed E-state index contributed by atoms with van der Waals surface area (Å²) in [6, 6.07) is -0.846. The third-order valence-corrected chi connectivity index (χ3v) is 8.10. The third kappa shape index (κ3) is 29.9. The first-order valence-corrected chi connectivity index (χ1v) is 17.7. The van der Waals surface area contributed by atoms with E-state index in [1.807, 2.05) is 0 Å². The zero-order valence-electron chi connectivity index (χ0n) is 27.0. The normalized spacial score (nSPS) is 12.1. The minimum Gasteiger partial charge on any atom is -0.480 e. The Morgan fingerprint density at radius 1 is 0.525 bits per heavy atom. The Bertz CT molecular complexity index is 539. The number of carbonyl (C=O) groups excluding carboxylic acids is 1. The maximum atomic E-state index is 12.1. The second kappa shape index (κ2) is 32.4. The van der Waals surface area contributed by atoms with E-state index in [4.69, 9.17) is 4.74 Å². The summed E-state index contributed by atoms with van der Waals surface area (Å²) in [5, 5.41) is 12.5. The van der Waals surface area contributed by atoms with Crippen LogP contribution in [0.15, 0.2) is 0 Å². The smallest absolute Gasteiger partial charge is 0.321 e. The predicted molar refractivity (Wildman–Crippen MR) is 171 cm³/mol. The standard InChI is InChI=1S/C35H69NO4/c1-3-5-7-9-11-13-15-16-17-18-19-20-22-24-26-28-30-36-33(35(38)39)32-34(37)40-31-29-27-25-23-21-14-12-10-8-6-4-2/h33,36H,3-32H2,1-2H3,(H,38,39). The molecule has 0 aromatic carbocycles. The fourth-order valence-corrected chi connectivity index (χ4v) is 5.37. The van der Waals surface area contributed by atoms with Crippen molar-refractivity contribution < 1.29 is 19.4 Å². The summed E-state index contributed by atoms with van der Waals surface area (Å²) < 4.78 is 5.30. The first kappa shape index (κ1) is 38.9. The number of carboxylic acids is 1. The van der Waals surface area contributed by atoms with Crippen LogP contribution >= 0.6 is 0 Å². The Balaban J connectivity index is 3.51. The molecule has 1 unspecified atom stereocenters. The lowest BCUT2D eigenvalue weighted by Gasteiger charge is -2.14. The van der Waals surface area contributed by atoms with Crippen LogP contribution in [0.4, 0.5) is 0 Å². The molecule has 0 aromatic rings. The van der Waals surface area contributed by atoms with Gasteiger partial charge in [0.25, 0.3) is 0 Å². The molecule has 0 bridgehead atoms. The van der Waals surface area contributed by atoms with Crippen LogP contribution in [-0.4, -0.2) is 36.2 Å². The molecule has 0 spiro atoms. The van der Waals surface area contributed by atoms with Crippen LogP contribution in [0.3, 0.4) is 0 Å². The Labute approximate surface area is 249 Å². The molecule has 0 aliphatic rings. The number of carboxylic acid groups (broad SMARTS) is 1. The molecule has 0 saturated carbocycles. The molecule has 5 heteroatoms. The van der Waals surface area contributed by atoms with Gasteiger partial charge in [0.05, 0.1) is 13.0 Å². The molecule has 238 valence electrons. The first-order valence-electron chi connectivity index (χ1n) is 17.7. The second-order valence-corrected chi connectivity index (χ2v) is 12.1. The highest BCUT2D eigenvalue weighted by molar-refractivity contribution is 5.81. The number of hydrogen-bond acceptors (Lipinski definition) is 4. The maximum absolute atomic E-state index is 12.1. The van der Waals surface area contributed by atoms with E-state index in [2.05, 4.69) is 19.2 Å². The van der Waals surface area contributed by atoms with Gasteiger partial charge in [0.1, 0.15) is 6.04 Å². The van der Waals surface area contributed by atoms with Gasteiger partial charge in [0.2, 0.25) is 0 Å². The number of hydrogen-bond donors (Lipinski definition) is 2. The monoisotopic (exact) mass is 568 g/mol. The lowest BCUT2D eigenvalue weighted by atomic mass is 10.0. The van der Waals surface area contributed by atoms with Gasteiger partial charge in [-0.25, -0.2) is 0 Å². The van der Waals surface area contributed by atoms with Gasteiger partial charge in [-0.05, 0) is 19.4 Å². The zero-order chi connectivity index (χ0) is 29.4. The van der Waals surface area contributed by atoms with Gasteiger partial charge in [-0.3, -0.25) is 9.59 Å². The Morgan fingerprint density at radius 2 is 0.850 bits per heavy atom. The fraction of sp³-hybridized carbons (Fsp3) is 0.943. The lowest BCUT2D eigenvalue weighted by molar-refractivity contribution is -0.149. The van der Waals surface area contributed by atoms with Crippen LogP contribution in [0.2, 0.25) is 0 Å². The van der Waals surface area contributed by atoms with Gasteiger partial charge >= 0.3 is 11.9 Å². The summed E-state index contributed by atoms with van der Waals surface area (Å²) in [4.78, 5) is 23.6. The Kier molecular flexibility index (Phi) is 31.5. The van der Waals surface area contributed by atoms with Crippen molar-refractivity contribution in [1.82, 2.24) is 5.32 Å². The van der Waals surface area contributed by atoms with E-state index in [1.165, 1.54) is 148 Å². The van der Waals surface area contributed by atoms with Crippen molar-refractivity contribution in [2.75, 3.05) is 13.2 Å². The van der Waals surface area contributed by atoms with E-state index in [1.54, 1.807) is 0 Å². The van der Waals surface area contributed by atoms with Crippen molar-refractivity contribution in [2.24, 2.45) is 0 Å². The minimum atomic E-state index is -0.969. The van der Waals surface area contributed by atoms with E-state index in [9.17, 15) is 14.7 Å². The van der Waals surface area contributed by atoms with Gasteiger partial charge in [-0.15, -0.1) is 0 Å².